The predicted molar refractivity (Wildman–Crippen MR) is 154 cm³/mol. The zero-order valence-corrected chi connectivity index (χ0v) is 23.0. The van der Waals surface area contributed by atoms with Gasteiger partial charge in [0.2, 0.25) is 5.91 Å². The average Bonchev–Trinajstić information content (AvgIpc) is 3.91. The largest absolute Gasteiger partial charge is 0.481 e. The van der Waals surface area contributed by atoms with Crippen LogP contribution < -0.4 is 0 Å². The van der Waals surface area contributed by atoms with Crippen LogP contribution in [-0.2, 0) is 21.5 Å². The molecule has 4 aromatic rings. The molecule has 1 aromatic heterocycles. The molecule has 1 amide bonds. The first kappa shape index (κ1) is 26.1. The van der Waals surface area contributed by atoms with Gasteiger partial charge in [0.25, 0.3) is 0 Å². The van der Waals surface area contributed by atoms with E-state index < -0.39 is 11.4 Å². The Morgan fingerprint density at radius 1 is 0.950 bits per heavy atom. The minimum atomic E-state index is -0.741. The molecule has 1 unspecified atom stereocenters. The van der Waals surface area contributed by atoms with E-state index in [4.69, 9.17) is 4.52 Å². The summed E-state index contributed by atoms with van der Waals surface area (Å²) in [6.45, 7) is 5.21. The Kier molecular flexibility index (Phi) is 6.78. The molecule has 1 heterocycles. The fraction of sp³-hybridized carbons (Fsp3) is 0.324. The second-order valence-corrected chi connectivity index (χ2v) is 11.4. The van der Waals surface area contributed by atoms with Gasteiger partial charge < -0.3 is 14.5 Å². The SMILES string of the molecule is Cc1noc(-c2ccc(-c3ccc(C4(C(=O)O)CC4)cc3)cc2)c1CN(CC(C)c1ccccc1)C(=O)C1CC1. The number of carbonyl (C=O) groups excluding carboxylic acids is 1. The van der Waals surface area contributed by atoms with Crippen LogP contribution in [0.1, 0.15) is 60.9 Å². The van der Waals surface area contributed by atoms with Crippen LogP contribution in [0.3, 0.4) is 0 Å². The second kappa shape index (κ2) is 10.4. The summed E-state index contributed by atoms with van der Waals surface area (Å²) in [6.07, 6.45) is 3.32. The van der Waals surface area contributed by atoms with Crippen molar-refractivity contribution in [3.05, 3.63) is 101 Å². The molecule has 0 radical (unpaired) electrons. The van der Waals surface area contributed by atoms with Gasteiger partial charge in [-0.3, -0.25) is 9.59 Å². The molecule has 204 valence electrons. The maximum Gasteiger partial charge on any atom is 0.314 e. The minimum Gasteiger partial charge on any atom is -0.481 e. The first-order valence-corrected chi connectivity index (χ1v) is 14.1. The maximum atomic E-state index is 13.3. The summed E-state index contributed by atoms with van der Waals surface area (Å²) < 4.78 is 5.81. The number of aryl methyl sites for hydroxylation is 1. The molecule has 2 aliphatic rings. The van der Waals surface area contributed by atoms with Crippen molar-refractivity contribution in [2.45, 2.75) is 57.4 Å². The second-order valence-electron chi connectivity index (χ2n) is 11.4. The Morgan fingerprint density at radius 2 is 1.55 bits per heavy atom. The monoisotopic (exact) mass is 534 g/mol. The minimum absolute atomic E-state index is 0.127. The van der Waals surface area contributed by atoms with Crippen LogP contribution in [-0.4, -0.2) is 33.6 Å². The highest BCUT2D eigenvalue weighted by atomic mass is 16.5. The van der Waals surface area contributed by atoms with Crippen LogP contribution in [0.2, 0.25) is 0 Å². The van der Waals surface area contributed by atoms with E-state index in [9.17, 15) is 14.7 Å². The standard InChI is InChI=1S/C34H34N2O4/c1-22(24-6-4-3-5-7-24)20-36(32(37)28-12-13-28)21-30-23(2)35-40-31(30)27-10-8-25(9-11-27)26-14-16-29(17-15-26)34(18-19-34)33(38)39/h3-11,14-17,22,28H,12-13,18-21H2,1-2H3,(H,38,39). The van der Waals surface area contributed by atoms with Crippen LogP contribution in [0.5, 0.6) is 0 Å². The number of aromatic nitrogens is 1. The van der Waals surface area contributed by atoms with Crippen molar-refractivity contribution in [3.8, 4) is 22.5 Å². The summed E-state index contributed by atoms with van der Waals surface area (Å²) in [5, 5.41) is 13.9. The highest BCUT2D eigenvalue weighted by Crippen LogP contribution is 2.48. The Hall–Kier alpha value is -4.19. The van der Waals surface area contributed by atoms with Crippen LogP contribution in [0.15, 0.2) is 83.4 Å². The number of carboxylic acid groups (broad SMARTS) is 1. The lowest BCUT2D eigenvalue weighted by atomic mass is 9.93. The molecule has 2 fully saturated rings. The highest BCUT2D eigenvalue weighted by molar-refractivity contribution is 5.85. The zero-order chi connectivity index (χ0) is 27.9. The molecule has 2 aliphatic carbocycles. The van der Waals surface area contributed by atoms with E-state index in [1.165, 1.54) is 5.56 Å². The molecule has 6 heteroatoms. The first-order valence-electron chi connectivity index (χ1n) is 14.1. The van der Waals surface area contributed by atoms with E-state index in [0.29, 0.717) is 31.7 Å². The van der Waals surface area contributed by atoms with E-state index in [2.05, 4.69) is 24.2 Å². The smallest absolute Gasteiger partial charge is 0.314 e. The van der Waals surface area contributed by atoms with E-state index in [1.54, 1.807) is 0 Å². The Morgan fingerprint density at radius 3 is 2.12 bits per heavy atom. The summed E-state index contributed by atoms with van der Waals surface area (Å²) in [4.78, 5) is 27.0. The highest BCUT2D eigenvalue weighted by Gasteiger charge is 2.51. The molecule has 0 aliphatic heterocycles. The molecule has 40 heavy (non-hydrogen) atoms. The van der Waals surface area contributed by atoms with E-state index in [1.807, 2.05) is 78.6 Å². The third-order valence-electron chi connectivity index (χ3n) is 8.51. The molecule has 2 saturated carbocycles. The van der Waals surface area contributed by atoms with Gasteiger partial charge in [-0.2, -0.15) is 0 Å². The fourth-order valence-corrected chi connectivity index (χ4v) is 5.58. The summed E-state index contributed by atoms with van der Waals surface area (Å²) in [6, 6.07) is 26.3. The molecule has 6 rings (SSSR count). The van der Waals surface area contributed by atoms with Gasteiger partial charge in [0.05, 0.1) is 17.7 Å². The number of hydrogen-bond acceptors (Lipinski definition) is 4. The quantitative estimate of drug-likeness (QED) is 0.237. The number of nitrogens with zero attached hydrogens (tertiary/aromatic N) is 2. The molecule has 0 saturated heterocycles. The van der Waals surface area contributed by atoms with Crippen molar-refractivity contribution in [3.63, 3.8) is 0 Å². The predicted octanol–water partition coefficient (Wildman–Crippen LogP) is 6.98. The number of amides is 1. The summed E-state index contributed by atoms with van der Waals surface area (Å²) in [5.41, 5.74) is 6.10. The van der Waals surface area contributed by atoms with Gasteiger partial charge in [-0.25, -0.2) is 0 Å². The number of benzene rings is 3. The number of carboxylic acids is 1. The molecular weight excluding hydrogens is 500 g/mol. The van der Waals surface area contributed by atoms with Gasteiger partial charge in [0, 0.05) is 23.6 Å². The van der Waals surface area contributed by atoms with E-state index in [0.717, 1.165) is 46.4 Å². The van der Waals surface area contributed by atoms with Gasteiger partial charge in [0.15, 0.2) is 5.76 Å². The molecule has 1 N–H and O–H groups in total. The van der Waals surface area contributed by atoms with E-state index >= 15 is 0 Å². The van der Waals surface area contributed by atoms with Crippen molar-refractivity contribution in [1.29, 1.82) is 0 Å². The van der Waals surface area contributed by atoms with Gasteiger partial charge in [0.1, 0.15) is 0 Å². The van der Waals surface area contributed by atoms with Gasteiger partial charge in [-0.1, -0.05) is 90.9 Å². The molecule has 3 aromatic carbocycles. The van der Waals surface area contributed by atoms with Crippen LogP contribution in [0.25, 0.3) is 22.5 Å². The maximum absolute atomic E-state index is 13.3. The summed E-state index contributed by atoms with van der Waals surface area (Å²) >= 11 is 0. The van der Waals surface area contributed by atoms with Crippen molar-refractivity contribution >= 4 is 11.9 Å². The van der Waals surface area contributed by atoms with Crippen LogP contribution >= 0.6 is 0 Å². The molecule has 0 bridgehead atoms. The van der Waals surface area contributed by atoms with E-state index in [-0.39, 0.29) is 17.7 Å². The third kappa shape index (κ3) is 5.06. The molecular formula is C34H34N2O4. The zero-order valence-electron chi connectivity index (χ0n) is 23.0. The Bertz CT molecular complexity index is 1510. The molecule has 1 atom stereocenters. The lowest BCUT2D eigenvalue weighted by Gasteiger charge is -2.26. The summed E-state index contributed by atoms with van der Waals surface area (Å²) in [7, 11) is 0. The average molecular weight is 535 g/mol. The topological polar surface area (TPSA) is 83.6 Å². The first-order chi connectivity index (χ1) is 19.4. The van der Waals surface area contributed by atoms with Crippen molar-refractivity contribution in [2.75, 3.05) is 6.54 Å². The van der Waals surface area contributed by atoms with Crippen molar-refractivity contribution in [2.24, 2.45) is 5.92 Å². The van der Waals surface area contributed by atoms with Gasteiger partial charge in [-0.15, -0.1) is 0 Å². The lowest BCUT2D eigenvalue weighted by molar-refractivity contribution is -0.140. The third-order valence-corrected chi connectivity index (χ3v) is 8.51. The number of aliphatic carboxylic acids is 1. The van der Waals surface area contributed by atoms with Crippen molar-refractivity contribution < 1.29 is 19.2 Å². The lowest BCUT2D eigenvalue weighted by Crippen LogP contribution is -2.35. The van der Waals surface area contributed by atoms with Crippen LogP contribution in [0.4, 0.5) is 0 Å². The molecule has 0 spiro atoms. The van der Waals surface area contributed by atoms with Crippen molar-refractivity contribution in [1.82, 2.24) is 10.1 Å². The fourth-order valence-electron chi connectivity index (χ4n) is 5.58. The number of hydrogen-bond donors (Lipinski definition) is 1. The number of carbonyl (C=O) groups is 2. The Balaban J connectivity index is 1.22. The summed E-state index contributed by atoms with van der Waals surface area (Å²) in [5.74, 6) is 0.502. The van der Waals surface area contributed by atoms with Gasteiger partial charge >= 0.3 is 5.97 Å². The van der Waals surface area contributed by atoms with Gasteiger partial charge in [-0.05, 0) is 60.8 Å². The van der Waals surface area contributed by atoms with Crippen LogP contribution in [0, 0.1) is 12.8 Å². The normalized spacial score (nSPS) is 16.4. The number of rotatable bonds is 10. The molecule has 6 nitrogen and oxygen atoms in total. The Labute approximate surface area is 234 Å².